The van der Waals surface area contributed by atoms with Gasteiger partial charge in [0.15, 0.2) is 6.61 Å². The molecular formula is C22H19F3N6O4. The molecule has 1 aliphatic rings. The highest BCUT2D eigenvalue weighted by Crippen LogP contribution is 2.23. The lowest BCUT2D eigenvalue weighted by Crippen LogP contribution is -2.31. The Balaban J connectivity index is 1.31. The molecule has 0 radical (unpaired) electrons. The molecule has 13 heteroatoms. The van der Waals surface area contributed by atoms with Crippen molar-refractivity contribution in [3.05, 3.63) is 59.4 Å². The van der Waals surface area contributed by atoms with Crippen molar-refractivity contribution in [1.82, 2.24) is 20.3 Å². The lowest BCUT2D eigenvalue weighted by Gasteiger charge is -2.11. The van der Waals surface area contributed by atoms with Gasteiger partial charge in [-0.25, -0.2) is 14.8 Å². The van der Waals surface area contributed by atoms with E-state index in [4.69, 9.17) is 0 Å². The van der Waals surface area contributed by atoms with Crippen LogP contribution in [0.5, 0.6) is 0 Å². The zero-order valence-corrected chi connectivity index (χ0v) is 18.0. The predicted molar refractivity (Wildman–Crippen MR) is 117 cm³/mol. The van der Waals surface area contributed by atoms with E-state index in [0.717, 1.165) is 11.3 Å². The first kappa shape index (κ1) is 23.7. The summed E-state index contributed by atoms with van der Waals surface area (Å²) >= 11 is 0. The molecule has 0 spiro atoms. The van der Waals surface area contributed by atoms with Crippen molar-refractivity contribution < 1.29 is 32.3 Å². The topological polar surface area (TPSA) is 138 Å². The van der Waals surface area contributed by atoms with E-state index in [1.807, 2.05) is 0 Å². The maximum Gasteiger partial charge on any atom is 0.490 e. The maximum atomic E-state index is 12.1. The Labute approximate surface area is 196 Å². The number of benzene rings is 1. The van der Waals surface area contributed by atoms with E-state index in [2.05, 4.69) is 35.6 Å². The van der Waals surface area contributed by atoms with E-state index >= 15 is 0 Å². The highest BCUT2D eigenvalue weighted by Gasteiger charge is 2.41. The van der Waals surface area contributed by atoms with Gasteiger partial charge in [0, 0.05) is 37.1 Å². The number of hydrogen-bond acceptors (Lipinski definition) is 7. The van der Waals surface area contributed by atoms with Crippen LogP contribution >= 0.6 is 0 Å². The molecule has 0 fully saturated rings. The molecule has 1 aromatic carbocycles. The molecule has 0 unspecified atom stereocenters. The van der Waals surface area contributed by atoms with Gasteiger partial charge in [-0.3, -0.25) is 9.59 Å². The molecule has 2 aromatic heterocycles. The molecule has 182 valence electrons. The van der Waals surface area contributed by atoms with Crippen molar-refractivity contribution in [3.63, 3.8) is 0 Å². The molecule has 2 amide bonds. The second-order valence-corrected chi connectivity index (χ2v) is 7.52. The average Bonchev–Trinajstić information content (AvgIpc) is 3.28. The van der Waals surface area contributed by atoms with Gasteiger partial charge < -0.3 is 25.7 Å². The number of hydrogen-bond donors (Lipinski definition) is 4. The number of fused-ring (bicyclic) bond motifs is 1. The van der Waals surface area contributed by atoms with Gasteiger partial charge in [-0.15, -0.1) is 0 Å². The summed E-state index contributed by atoms with van der Waals surface area (Å²) in [5.74, 6) is -3.09. The average molecular weight is 488 g/mol. The predicted octanol–water partition coefficient (Wildman–Crippen LogP) is 2.41. The standard InChI is InChI=1S/C22H19F3N6O4/c23-22(24,25)20(34)35-11-18(32)29-13-3-1-12(2-4-13)10-28-21-27-8-6-16(31-21)17-9-14-15(30-17)5-7-26-19(14)33/h1-4,6,8-9,30H,5,7,10-11H2,(H,26,33)(H,29,32)(H,27,28,31). The molecule has 4 rings (SSSR count). The number of nitrogens with one attached hydrogen (secondary N) is 4. The zero-order valence-electron chi connectivity index (χ0n) is 18.0. The van der Waals surface area contributed by atoms with Crippen LogP contribution in [0, 0.1) is 0 Å². The normalized spacial score (nSPS) is 12.9. The summed E-state index contributed by atoms with van der Waals surface area (Å²) in [5, 5.41) is 8.22. The van der Waals surface area contributed by atoms with Crippen LogP contribution in [0.2, 0.25) is 0 Å². The fourth-order valence-corrected chi connectivity index (χ4v) is 3.32. The zero-order chi connectivity index (χ0) is 25.0. The smallest absolute Gasteiger partial charge is 0.449 e. The quantitative estimate of drug-likeness (QED) is 0.375. The van der Waals surface area contributed by atoms with Crippen molar-refractivity contribution in [3.8, 4) is 11.4 Å². The number of rotatable bonds is 7. The molecule has 35 heavy (non-hydrogen) atoms. The van der Waals surface area contributed by atoms with Gasteiger partial charge >= 0.3 is 12.1 Å². The third-order valence-electron chi connectivity index (χ3n) is 4.99. The summed E-state index contributed by atoms with van der Waals surface area (Å²) in [6, 6.07) is 9.95. The third-order valence-corrected chi connectivity index (χ3v) is 4.99. The molecule has 0 aliphatic carbocycles. The van der Waals surface area contributed by atoms with Crippen molar-refractivity contribution in [2.75, 3.05) is 23.8 Å². The molecule has 3 aromatic rings. The highest BCUT2D eigenvalue weighted by molar-refractivity contribution is 5.97. The summed E-state index contributed by atoms with van der Waals surface area (Å²) < 4.78 is 40.2. The van der Waals surface area contributed by atoms with Crippen LogP contribution in [0.25, 0.3) is 11.4 Å². The second-order valence-electron chi connectivity index (χ2n) is 7.52. The summed E-state index contributed by atoms with van der Waals surface area (Å²) in [6.45, 7) is -0.120. The number of amides is 2. The maximum absolute atomic E-state index is 12.1. The first-order chi connectivity index (χ1) is 16.7. The Morgan fingerprint density at radius 1 is 1.14 bits per heavy atom. The fraction of sp³-hybridized carbons (Fsp3) is 0.227. The van der Waals surface area contributed by atoms with Gasteiger partial charge in [0.1, 0.15) is 0 Å². The van der Waals surface area contributed by atoms with Crippen LogP contribution in [-0.4, -0.2) is 52.1 Å². The van der Waals surface area contributed by atoms with E-state index in [0.29, 0.717) is 48.1 Å². The van der Waals surface area contributed by atoms with E-state index < -0.39 is 24.7 Å². The Bertz CT molecular complexity index is 1260. The van der Waals surface area contributed by atoms with Gasteiger partial charge in [-0.2, -0.15) is 13.2 Å². The van der Waals surface area contributed by atoms with E-state index in [9.17, 15) is 27.6 Å². The SMILES string of the molecule is O=C(COC(=O)C(F)(F)F)Nc1ccc(CNc2nccc(-c3cc4c([nH]3)CCNC4=O)n2)cc1. The van der Waals surface area contributed by atoms with Crippen LogP contribution < -0.4 is 16.0 Å². The number of halogens is 3. The molecule has 0 saturated heterocycles. The van der Waals surface area contributed by atoms with Crippen LogP contribution in [0.1, 0.15) is 21.6 Å². The van der Waals surface area contributed by atoms with Crippen LogP contribution in [0.3, 0.4) is 0 Å². The molecule has 0 saturated carbocycles. The lowest BCUT2D eigenvalue weighted by molar-refractivity contribution is -0.199. The van der Waals surface area contributed by atoms with Crippen LogP contribution in [0.4, 0.5) is 24.8 Å². The highest BCUT2D eigenvalue weighted by atomic mass is 19.4. The summed E-state index contributed by atoms with van der Waals surface area (Å²) in [6.07, 6.45) is -2.85. The Morgan fingerprint density at radius 3 is 2.63 bits per heavy atom. The van der Waals surface area contributed by atoms with Crippen molar-refractivity contribution in [1.29, 1.82) is 0 Å². The second kappa shape index (κ2) is 9.83. The van der Waals surface area contributed by atoms with Gasteiger partial charge in [0.05, 0.1) is 17.0 Å². The molecular weight excluding hydrogens is 469 g/mol. The monoisotopic (exact) mass is 488 g/mol. The number of alkyl halides is 3. The lowest BCUT2D eigenvalue weighted by atomic mass is 10.1. The first-order valence-electron chi connectivity index (χ1n) is 10.4. The molecule has 4 N–H and O–H groups in total. The van der Waals surface area contributed by atoms with Gasteiger partial charge in [0.2, 0.25) is 5.95 Å². The number of carbonyl (C=O) groups is 3. The molecule has 10 nitrogen and oxygen atoms in total. The summed E-state index contributed by atoms with van der Waals surface area (Å²) in [5.41, 5.74) is 3.92. The number of esters is 1. The minimum absolute atomic E-state index is 0.122. The number of aromatic nitrogens is 3. The Morgan fingerprint density at radius 2 is 1.91 bits per heavy atom. The molecule has 0 atom stereocenters. The minimum Gasteiger partial charge on any atom is -0.449 e. The van der Waals surface area contributed by atoms with Crippen LogP contribution in [0.15, 0.2) is 42.6 Å². The van der Waals surface area contributed by atoms with E-state index in [1.54, 1.807) is 42.6 Å². The fourth-order valence-electron chi connectivity index (χ4n) is 3.32. The summed E-state index contributed by atoms with van der Waals surface area (Å²) in [4.78, 5) is 46.2. The minimum atomic E-state index is -5.16. The number of carbonyl (C=O) groups excluding carboxylic acids is 3. The van der Waals surface area contributed by atoms with Gasteiger partial charge in [0.25, 0.3) is 11.8 Å². The molecule has 0 bridgehead atoms. The van der Waals surface area contributed by atoms with Gasteiger partial charge in [-0.1, -0.05) is 12.1 Å². The summed E-state index contributed by atoms with van der Waals surface area (Å²) in [7, 11) is 0. The first-order valence-corrected chi connectivity index (χ1v) is 10.4. The van der Waals surface area contributed by atoms with E-state index in [-0.39, 0.29) is 5.91 Å². The number of ether oxygens (including phenoxy) is 1. The van der Waals surface area contributed by atoms with Crippen molar-refractivity contribution in [2.45, 2.75) is 19.1 Å². The van der Waals surface area contributed by atoms with Crippen molar-refractivity contribution >= 4 is 29.4 Å². The number of nitrogens with zero attached hydrogens (tertiary/aromatic N) is 2. The van der Waals surface area contributed by atoms with Gasteiger partial charge in [-0.05, 0) is 29.8 Å². The Kier molecular flexibility index (Phi) is 6.66. The molecule has 1 aliphatic heterocycles. The molecule has 3 heterocycles. The number of aromatic amines is 1. The number of H-pyrrole nitrogens is 1. The number of anilines is 2. The van der Waals surface area contributed by atoms with Crippen molar-refractivity contribution in [2.24, 2.45) is 0 Å². The Hall–Kier alpha value is -4.42. The third kappa shape index (κ3) is 5.93. The van der Waals surface area contributed by atoms with Crippen LogP contribution in [-0.2, 0) is 27.3 Å². The van der Waals surface area contributed by atoms with E-state index in [1.165, 1.54) is 0 Å². The largest absolute Gasteiger partial charge is 0.490 e.